The van der Waals surface area contributed by atoms with Gasteiger partial charge >= 0.3 is 5.69 Å². The molecular weight excluding hydrogens is 172 g/mol. The lowest BCUT2D eigenvalue weighted by Gasteiger charge is -1.97. The van der Waals surface area contributed by atoms with Crippen molar-refractivity contribution < 1.29 is 0 Å². The second-order valence-electron chi connectivity index (χ2n) is 2.55. The van der Waals surface area contributed by atoms with Crippen LogP contribution in [0, 0.1) is 0 Å². The Labute approximate surface area is 76.4 Å². The van der Waals surface area contributed by atoms with Gasteiger partial charge in [-0.25, -0.2) is 4.79 Å². The minimum atomic E-state index is 0.103. The molecular formula is C8H14N2OS. The molecule has 0 aliphatic carbocycles. The zero-order chi connectivity index (χ0) is 8.97. The quantitative estimate of drug-likeness (QED) is 0.702. The molecule has 1 aromatic heterocycles. The van der Waals surface area contributed by atoms with Crippen LogP contribution in [0.25, 0.3) is 0 Å². The zero-order valence-electron chi connectivity index (χ0n) is 7.49. The summed E-state index contributed by atoms with van der Waals surface area (Å²) in [7, 11) is 0. The van der Waals surface area contributed by atoms with Crippen LogP contribution < -0.4 is 5.69 Å². The number of nitrogens with zero attached hydrogens (tertiary/aromatic N) is 2. The van der Waals surface area contributed by atoms with Gasteiger partial charge in [0, 0.05) is 31.2 Å². The molecule has 0 atom stereocenters. The van der Waals surface area contributed by atoms with Gasteiger partial charge < -0.3 is 0 Å². The number of rotatable bonds is 4. The van der Waals surface area contributed by atoms with Crippen molar-refractivity contribution in [2.24, 2.45) is 0 Å². The Hall–Kier alpha value is -0.640. The summed E-state index contributed by atoms with van der Waals surface area (Å²) in [6.45, 7) is 3.54. The van der Waals surface area contributed by atoms with E-state index in [4.69, 9.17) is 0 Å². The van der Waals surface area contributed by atoms with E-state index < -0.39 is 0 Å². The predicted molar refractivity (Wildman–Crippen MR) is 52.7 cm³/mol. The van der Waals surface area contributed by atoms with Crippen LogP contribution in [0.2, 0.25) is 0 Å². The standard InChI is InChI=1S/C8H14N2OS/c1-3-9-4-5-10(8(9)11)6-7-12-2/h4-5H,3,6-7H2,1-2H3. The van der Waals surface area contributed by atoms with Crippen molar-refractivity contribution in [3.63, 3.8) is 0 Å². The first-order valence-electron chi connectivity index (χ1n) is 4.04. The monoisotopic (exact) mass is 186 g/mol. The van der Waals surface area contributed by atoms with Crippen molar-refractivity contribution in [2.45, 2.75) is 20.0 Å². The van der Waals surface area contributed by atoms with Gasteiger partial charge in [-0.1, -0.05) is 0 Å². The van der Waals surface area contributed by atoms with Crippen molar-refractivity contribution in [2.75, 3.05) is 12.0 Å². The maximum atomic E-state index is 11.4. The maximum Gasteiger partial charge on any atom is 0.328 e. The summed E-state index contributed by atoms with van der Waals surface area (Å²) in [6.07, 6.45) is 5.73. The van der Waals surface area contributed by atoms with Crippen LogP contribution in [0.15, 0.2) is 17.2 Å². The fraction of sp³-hybridized carbons (Fsp3) is 0.625. The Morgan fingerprint density at radius 3 is 2.58 bits per heavy atom. The van der Waals surface area contributed by atoms with E-state index in [2.05, 4.69) is 0 Å². The third-order valence-electron chi connectivity index (χ3n) is 1.79. The van der Waals surface area contributed by atoms with Gasteiger partial charge in [-0.3, -0.25) is 9.13 Å². The van der Waals surface area contributed by atoms with E-state index in [1.54, 1.807) is 20.9 Å². The van der Waals surface area contributed by atoms with Crippen molar-refractivity contribution >= 4 is 11.8 Å². The summed E-state index contributed by atoms with van der Waals surface area (Å²) >= 11 is 1.75. The molecule has 0 aliphatic heterocycles. The SMILES string of the molecule is CCn1ccn(CCSC)c1=O. The molecule has 0 bridgehead atoms. The smallest absolute Gasteiger partial charge is 0.300 e. The summed E-state index contributed by atoms with van der Waals surface area (Å²) in [4.78, 5) is 11.4. The summed E-state index contributed by atoms with van der Waals surface area (Å²) in [6, 6.07) is 0. The first-order chi connectivity index (χ1) is 5.79. The second kappa shape index (κ2) is 4.40. The predicted octanol–water partition coefficient (Wildman–Crippen LogP) is 1.03. The molecule has 3 nitrogen and oxygen atoms in total. The average molecular weight is 186 g/mol. The summed E-state index contributed by atoms with van der Waals surface area (Å²) in [5.41, 5.74) is 0.103. The zero-order valence-corrected chi connectivity index (χ0v) is 8.30. The van der Waals surface area contributed by atoms with Gasteiger partial charge in [-0.15, -0.1) is 0 Å². The summed E-state index contributed by atoms with van der Waals surface area (Å²) in [5.74, 6) is 0.994. The van der Waals surface area contributed by atoms with Gasteiger partial charge in [0.05, 0.1) is 0 Å². The lowest BCUT2D eigenvalue weighted by Crippen LogP contribution is -2.24. The molecule has 0 saturated carbocycles. The highest BCUT2D eigenvalue weighted by Crippen LogP contribution is 1.93. The van der Waals surface area contributed by atoms with Crippen LogP contribution in [0.3, 0.4) is 0 Å². The maximum absolute atomic E-state index is 11.4. The third-order valence-corrected chi connectivity index (χ3v) is 2.39. The van der Waals surface area contributed by atoms with Crippen LogP contribution in [0.5, 0.6) is 0 Å². The third kappa shape index (κ3) is 1.94. The molecule has 4 heteroatoms. The Morgan fingerprint density at radius 1 is 1.42 bits per heavy atom. The molecule has 0 aromatic carbocycles. The minimum Gasteiger partial charge on any atom is -0.300 e. The number of thioether (sulfide) groups is 1. The Balaban J connectivity index is 2.73. The van der Waals surface area contributed by atoms with Crippen LogP contribution in [0.1, 0.15) is 6.92 Å². The molecule has 68 valence electrons. The van der Waals surface area contributed by atoms with E-state index >= 15 is 0 Å². The van der Waals surface area contributed by atoms with Gasteiger partial charge in [0.25, 0.3) is 0 Å². The van der Waals surface area contributed by atoms with Gasteiger partial charge in [0.15, 0.2) is 0 Å². The van der Waals surface area contributed by atoms with E-state index in [1.165, 1.54) is 0 Å². The molecule has 1 rings (SSSR count). The molecule has 0 fully saturated rings. The second-order valence-corrected chi connectivity index (χ2v) is 3.54. The topological polar surface area (TPSA) is 26.9 Å². The van der Waals surface area contributed by atoms with Gasteiger partial charge in [-0.05, 0) is 13.2 Å². The van der Waals surface area contributed by atoms with Crippen molar-refractivity contribution in [1.82, 2.24) is 9.13 Å². The highest BCUT2D eigenvalue weighted by atomic mass is 32.2. The molecule has 0 saturated heterocycles. The molecule has 0 spiro atoms. The van der Waals surface area contributed by atoms with Crippen molar-refractivity contribution in [3.05, 3.63) is 22.9 Å². The van der Waals surface area contributed by atoms with Crippen molar-refractivity contribution in [1.29, 1.82) is 0 Å². The van der Waals surface area contributed by atoms with Crippen LogP contribution in [0.4, 0.5) is 0 Å². The Morgan fingerprint density at radius 2 is 2.08 bits per heavy atom. The molecule has 0 N–H and O–H groups in total. The summed E-state index contributed by atoms with van der Waals surface area (Å²) < 4.78 is 3.46. The number of aryl methyl sites for hydroxylation is 2. The fourth-order valence-electron chi connectivity index (χ4n) is 1.05. The van der Waals surface area contributed by atoms with E-state index in [9.17, 15) is 4.79 Å². The number of hydrogen-bond acceptors (Lipinski definition) is 2. The normalized spacial score (nSPS) is 10.5. The molecule has 0 radical (unpaired) electrons. The van der Waals surface area contributed by atoms with Crippen LogP contribution >= 0.6 is 11.8 Å². The molecule has 0 aliphatic rings. The van der Waals surface area contributed by atoms with E-state index in [-0.39, 0.29) is 5.69 Å². The lowest BCUT2D eigenvalue weighted by molar-refractivity contribution is 0.659. The van der Waals surface area contributed by atoms with Crippen LogP contribution in [-0.4, -0.2) is 21.1 Å². The summed E-state index contributed by atoms with van der Waals surface area (Å²) in [5, 5.41) is 0. The number of hydrogen-bond donors (Lipinski definition) is 0. The van der Waals surface area contributed by atoms with Gasteiger partial charge in [-0.2, -0.15) is 11.8 Å². The minimum absolute atomic E-state index is 0.103. The first kappa shape index (κ1) is 9.45. The Bertz CT molecular complexity index is 289. The van der Waals surface area contributed by atoms with Gasteiger partial charge in [0.2, 0.25) is 0 Å². The lowest BCUT2D eigenvalue weighted by atomic mass is 10.7. The van der Waals surface area contributed by atoms with Crippen LogP contribution in [-0.2, 0) is 13.1 Å². The average Bonchev–Trinajstić information content (AvgIpc) is 2.43. The van der Waals surface area contributed by atoms with Crippen molar-refractivity contribution in [3.8, 4) is 0 Å². The molecule has 1 aromatic rings. The highest BCUT2D eigenvalue weighted by molar-refractivity contribution is 7.98. The largest absolute Gasteiger partial charge is 0.328 e. The first-order valence-corrected chi connectivity index (χ1v) is 5.43. The molecule has 1 heterocycles. The highest BCUT2D eigenvalue weighted by Gasteiger charge is 1.99. The fourth-order valence-corrected chi connectivity index (χ4v) is 1.43. The molecule has 0 unspecified atom stereocenters. The number of imidazole rings is 1. The Kier molecular flexibility index (Phi) is 3.47. The van der Waals surface area contributed by atoms with Gasteiger partial charge in [0.1, 0.15) is 0 Å². The van der Waals surface area contributed by atoms with E-state index in [1.807, 2.05) is 25.6 Å². The van der Waals surface area contributed by atoms with E-state index in [0.717, 1.165) is 18.8 Å². The van der Waals surface area contributed by atoms with E-state index in [0.29, 0.717) is 0 Å². The molecule has 12 heavy (non-hydrogen) atoms. The molecule has 0 amide bonds. The number of aromatic nitrogens is 2.